The highest BCUT2D eigenvalue weighted by Crippen LogP contribution is 2.21. The van der Waals surface area contributed by atoms with Gasteiger partial charge in [-0.15, -0.1) is 0 Å². The Morgan fingerprint density at radius 1 is 1.33 bits per heavy atom. The first-order valence-electron chi connectivity index (χ1n) is 3.66. The zero-order chi connectivity index (χ0) is 9.14. The van der Waals surface area contributed by atoms with Crippen molar-refractivity contribution in [3.63, 3.8) is 0 Å². The van der Waals surface area contributed by atoms with Crippen LogP contribution in [0.15, 0.2) is 12.1 Å². The molecule has 0 atom stereocenters. The molecule has 0 bridgehead atoms. The van der Waals surface area contributed by atoms with Crippen molar-refractivity contribution in [3.8, 4) is 6.07 Å². The fourth-order valence-electron chi connectivity index (χ4n) is 1.16. The molecule has 0 heterocycles. The monoisotopic (exact) mass is 161 g/mol. The van der Waals surface area contributed by atoms with Crippen LogP contribution in [0.5, 0.6) is 0 Å². The number of anilines is 2. The lowest BCUT2D eigenvalue weighted by atomic mass is 10.1. The Bertz CT molecular complexity index is 313. The number of hydrogen-bond acceptors (Lipinski definition) is 3. The molecule has 3 nitrogen and oxygen atoms in total. The van der Waals surface area contributed by atoms with Crippen LogP contribution in [0.3, 0.4) is 0 Å². The van der Waals surface area contributed by atoms with Crippen LogP contribution in [-0.4, -0.2) is 0 Å². The van der Waals surface area contributed by atoms with Crippen molar-refractivity contribution in [1.29, 1.82) is 5.26 Å². The van der Waals surface area contributed by atoms with Crippen LogP contribution >= 0.6 is 0 Å². The molecular weight excluding hydrogens is 150 g/mol. The highest BCUT2D eigenvalue weighted by Gasteiger charge is 2.03. The normalized spacial score (nSPS) is 9.33. The molecule has 4 N–H and O–H groups in total. The minimum atomic E-state index is 0.276. The van der Waals surface area contributed by atoms with Crippen molar-refractivity contribution in [1.82, 2.24) is 0 Å². The van der Waals surface area contributed by atoms with Crippen LogP contribution in [0.25, 0.3) is 0 Å². The lowest BCUT2D eigenvalue weighted by molar-refractivity contribution is 1.26. The summed E-state index contributed by atoms with van der Waals surface area (Å²) in [6.07, 6.45) is 0.276. The van der Waals surface area contributed by atoms with Crippen LogP contribution < -0.4 is 11.5 Å². The smallest absolute Gasteiger partial charge is 0.0671 e. The summed E-state index contributed by atoms with van der Waals surface area (Å²) in [5.74, 6) is 0. The number of nitriles is 1. The van der Waals surface area contributed by atoms with Crippen LogP contribution in [0.4, 0.5) is 11.4 Å². The number of nitrogen functional groups attached to an aromatic ring is 2. The van der Waals surface area contributed by atoms with E-state index in [2.05, 4.69) is 0 Å². The number of aryl methyl sites for hydroxylation is 1. The van der Waals surface area contributed by atoms with E-state index in [9.17, 15) is 0 Å². The largest absolute Gasteiger partial charge is 0.398 e. The van der Waals surface area contributed by atoms with Gasteiger partial charge in [0.1, 0.15) is 0 Å². The van der Waals surface area contributed by atoms with Gasteiger partial charge in [0.15, 0.2) is 0 Å². The van der Waals surface area contributed by atoms with Crippen LogP contribution in [0.2, 0.25) is 0 Å². The van der Waals surface area contributed by atoms with Crippen molar-refractivity contribution in [2.45, 2.75) is 13.3 Å². The lowest BCUT2D eigenvalue weighted by Gasteiger charge is -2.06. The number of nitrogens with zero attached hydrogens (tertiary/aromatic N) is 1. The first-order chi connectivity index (χ1) is 5.65. The Morgan fingerprint density at radius 3 is 2.25 bits per heavy atom. The molecule has 0 spiro atoms. The molecule has 3 heteroatoms. The summed E-state index contributed by atoms with van der Waals surface area (Å²) in [5, 5.41) is 8.48. The quantitative estimate of drug-likeness (QED) is 0.608. The molecule has 1 aromatic carbocycles. The van der Waals surface area contributed by atoms with Crippen molar-refractivity contribution in [3.05, 3.63) is 23.3 Å². The molecule has 0 aromatic heterocycles. The molecule has 0 saturated heterocycles. The van der Waals surface area contributed by atoms with Gasteiger partial charge in [-0.25, -0.2) is 0 Å². The molecular formula is C9H11N3. The zero-order valence-electron chi connectivity index (χ0n) is 6.96. The minimum Gasteiger partial charge on any atom is -0.398 e. The Kier molecular flexibility index (Phi) is 2.20. The van der Waals surface area contributed by atoms with Gasteiger partial charge in [-0.2, -0.15) is 5.26 Å². The van der Waals surface area contributed by atoms with E-state index in [0.717, 1.165) is 11.1 Å². The molecule has 0 saturated carbocycles. The maximum Gasteiger partial charge on any atom is 0.0671 e. The molecule has 0 aliphatic carbocycles. The molecule has 0 amide bonds. The fraction of sp³-hybridized carbons (Fsp3) is 0.222. The predicted octanol–water partition coefficient (Wildman–Crippen LogP) is 1.23. The molecule has 0 aliphatic heterocycles. The molecule has 1 aromatic rings. The summed E-state index contributed by atoms with van der Waals surface area (Å²) >= 11 is 0. The summed E-state index contributed by atoms with van der Waals surface area (Å²) in [7, 11) is 0. The molecule has 12 heavy (non-hydrogen) atoms. The second-order valence-corrected chi connectivity index (χ2v) is 2.76. The number of rotatable bonds is 1. The van der Waals surface area contributed by atoms with Crippen molar-refractivity contribution < 1.29 is 0 Å². The van der Waals surface area contributed by atoms with Gasteiger partial charge in [0, 0.05) is 16.9 Å². The Balaban J connectivity index is 3.21. The van der Waals surface area contributed by atoms with E-state index < -0.39 is 0 Å². The molecule has 0 fully saturated rings. The summed E-state index contributed by atoms with van der Waals surface area (Å²) in [5.41, 5.74) is 14.3. The zero-order valence-corrected chi connectivity index (χ0v) is 6.96. The molecule has 62 valence electrons. The predicted molar refractivity (Wildman–Crippen MR) is 49.3 cm³/mol. The Morgan fingerprint density at radius 2 is 1.83 bits per heavy atom. The average Bonchev–Trinajstić information content (AvgIpc) is 1.96. The van der Waals surface area contributed by atoms with E-state index in [1.165, 1.54) is 0 Å². The molecule has 1 rings (SSSR count). The van der Waals surface area contributed by atoms with Crippen molar-refractivity contribution >= 4 is 11.4 Å². The maximum absolute atomic E-state index is 8.48. The van der Waals surface area contributed by atoms with Gasteiger partial charge in [0.25, 0.3) is 0 Å². The minimum absolute atomic E-state index is 0.276. The lowest BCUT2D eigenvalue weighted by Crippen LogP contribution is -2.00. The topological polar surface area (TPSA) is 75.8 Å². The van der Waals surface area contributed by atoms with Crippen LogP contribution in [-0.2, 0) is 6.42 Å². The third-order valence-electron chi connectivity index (χ3n) is 1.72. The van der Waals surface area contributed by atoms with Crippen LogP contribution in [0, 0.1) is 18.3 Å². The van der Waals surface area contributed by atoms with Gasteiger partial charge in [-0.1, -0.05) is 0 Å². The van der Waals surface area contributed by atoms with Gasteiger partial charge in [0.05, 0.1) is 12.5 Å². The third-order valence-corrected chi connectivity index (χ3v) is 1.72. The van der Waals surface area contributed by atoms with Crippen LogP contribution in [0.1, 0.15) is 11.1 Å². The SMILES string of the molecule is Cc1cc(N)c(CC#N)c(N)c1. The first kappa shape index (κ1) is 8.41. The van der Waals surface area contributed by atoms with Gasteiger partial charge in [-0.3, -0.25) is 0 Å². The average molecular weight is 161 g/mol. The summed E-state index contributed by atoms with van der Waals surface area (Å²) in [6, 6.07) is 5.67. The summed E-state index contributed by atoms with van der Waals surface area (Å²) in [4.78, 5) is 0. The number of benzene rings is 1. The second kappa shape index (κ2) is 3.14. The van der Waals surface area contributed by atoms with E-state index in [0.29, 0.717) is 11.4 Å². The Hall–Kier alpha value is -1.69. The fourth-order valence-corrected chi connectivity index (χ4v) is 1.16. The van der Waals surface area contributed by atoms with Crippen molar-refractivity contribution in [2.75, 3.05) is 11.5 Å². The second-order valence-electron chi connectivity index (χ2n) is 2.76. The van der Waals surface area contributed by atoms with Gasteiger partial charge >= 0.3 is 0 Å². The van der Waals surface area contributed by atoms with Crippen molar-refractivity contribution in [2.24, 2.45) is 0 Å². The third kappa shape index (κ3) is 1.48. The van der Waals surface area contributed by atoms with E-state index in [1.54, 1.807) is 0 Å². The molecule has 0 unspecified atom stereocenters. The number of hydrogen-bond donors (Lipinski definition) is 2. The first-order valence-corrected chi connectivity index (χ1v) is 3.66. The Labute approximate surface area is 71.6 Å². The summed E-state index contributed by atoms with van der Waals surface area (Å²) < 4.78 is 0. The van der Waals surface area contributed by atoms with E-state index in [1.807, 2.05) is 25.1 Å². The number of nitrogens with two attached hydrogens (primary N) is 2. The maximum atomic E-state index is 8.48. The van der Waals surface area contributed by atoms with E-state index in [-0.39, 0.29) is 6.42 Å². The molecule has 0 aliphatic rings. The van der Waals surface area contributed by atoms with E-state index >= 15 is 0 Å². The van der Waals surface area contributed by atoms with E-state index in [4.69, 9.17) is 16.7 Å². The van der Waals surface area contributed by atoms with Gasteiger partial charge in [-0.05, 0) is 24.6 Å². The highest BCUT2D eigenvalue weighted by molar-refractivity contribution is 5.63. The van der Waals surface area contributed by atoms with Gasteiger partial charge in [0.2, 0.25) is 0 Å². The highest BCUT2D eigenvalue weighted by atomic mass is 14.6. The van der Waals surface area contributed by atoms with Gasteiger partial charge < -0.3 is 11.5 Å². The molecule has 0 radical (unpaired) electrons. The summed E-state index contributed by atoms with van der Waals surface area (Å²) in [6.45, 7) is 1.92. The standard InChI is InChI=1S/C9H11N3/c1-6-4-8(11)7(2-3-10)9(12)5-6/h4-5H,2,11-12H2,1H3.